The number of allylic oxidation sites excluding steroid dienone is 6. The van der Waals surface area contributed by atoms with Crippen molar-refractivity contribution in [3.05, 3.63) is 36.5 Å². The molecule has 0 aromatic carbocycles. The minimum atomic E-state index is -0.542. The lowest BCUT2D eigenvalue weighted by Crippen LogP contribution is -2.30. The van der Waals surface area contributed by atoms with Crippen molar-refractivity contribution in [3.63, 3.8) is 0 Å². The maximum Gasteiger partial charge on any atom is 0.306 e. The van der Waals surface area contributed by atoms with Crippen LogP contribution in [0.25, 0.3) is 0 Å². The molecule has 0 amide bonds. The Kier molecular flexibility index (Phi) is 57.8. The van der Waals surface area contributed by atoms with Crippen LogP contribution in [0.5, 0.6) is 0 Å². The van der Waals surface area contributed by atoms with Crippen molar-refractivity contribution in [3.8, 4) is 0 Å². The summed E-state index contributed by atoms with van der Waals surface area (Å²) < 4.78 is 17.5. The van der Waals surface area contributed by atoms with E-state index in [1.165, 1.54) is 238 Å². The summed E-state index contributed by atoms with van der Waals surface area (Å²) in [4.78, 5) is 25.6. The van der Waals surface area contributed by atoms with Crippen LogP contribution in [0, 0.1) is 0 Å². The molecular formula is C63H118O5. The topological polar surface area (TPSA) is 61.8 Å². The molecule has 0 N–H and O–H groups in total. The predicted octanol–water partition coefficient (Wildman–Crippen LogP) is 20.9. The number of unbranched alkanes of at least 4 members (excludes halogenated alkanes) is 40. The van der Waals surface area contributed by atoms with E-state index in [1.807, 2.05) is 0 Å². The SMILES string of the molecule is CCCCC/C=C\C/C=C\CCCCCCCC(=O)OC(COCCCCCCCCCC/C=C\CCCCCCCC)COC(=O)CCCCCCCCCCCCCCCCCCCCC. The van der Waals surface area contributed by atoms with Gasteiger partial charge in [0.2, 0.25) is 0 Å². The van der Waals surface area contributed by atoms with E-state index in [2.05, 4.69) is 57.2 Å². The molecule has 0 radical (unpaired) electrons. The molecule has 0 aromatic rings. The first-order valence-electron chi connectivity index (χ1n) is 30.5. The van der Waals surface area contributed by atoms with Gasteiger partial charge in [-0.2, -0.15) is 0 Å². The zero-order valence-corrected chi connectivity index (χ0v) is 46.1. The summed E-state index contributed by atoms with van der Waals surface area (Å²) in [5.41, 5.74) is 0. The first-order chi connectivity index (χ1) is 33.6. The number of ether oxygens (including phenoxy) is 3. The Labute approximate surface area is 425 Å². The molecule has 1 unspecified atom stereocenters. The van der Waals surface area contributed by atoms with Gasteiger partial charge in [-0.3, -0.25) is 9.59 Å². The molecule has 0 heterocycles. The van der Waals surface area contributed by atoms with Crippen LogP contribution >= 0.6 is 0 Å². The van der Waals surface area contributed by atoms with E-state index < -0.39 is 6.10 Å². The zero-order chi connectivity index (χ0) is 49.2. The molecular weight excluding hydrogens is 837 g/mol. The average Bonchev–Trinajstić information content (AvgIpc) is 3.34. The summed E-state index contributed by atoms with van der Waals surface area (Å²) in [6.07, 6.45) is 73.1. The lowest BCUT2D eigenvalue weighted by Gasteiger charge is -2.18. The van der Waals surface area contributed by atoms with Crippen LogP contribution in [0.15, 0.2) is 36.5 Å². The maximum absolute atomic E-state index is 12.9. The third kappa shape index (κ3) is 56.7. The van der Waals surface area contributed by atoms with Crippen molar-refractivity contribution >= 4 is 11.9 Å². The Balaban J connectivity index is 4.23. The van der Waals surface area contributed by atoms with Crippen LogP contribution in [0.2, 0.25) is 0 Å². The van der Waals surface area contributed by atoms with Gasteiger partial charge in [-0.1, -0.05) is 276 Å². The second kappa shape index (κ2) is 59.4. The van der Waals surface area contributed by atoms with Gasteiger partial charge < -0.3 is 14.2 Å². The number of esters is 2. The van der Waals surface area contributed by atoms with Crippen LogP contribution in [-0.4, -0.2) is 37.9 Å². The van der Waals surface area contributed by atoms with Crippen molar-refractivity contribution in [2.24, 2.45) is 0 Å². The van der Waals surface area contributed by atoms with E-state index in [4.69, 9.17) is 14.2 Å². The first-order valence-corrected chi connectivity index (χ1v) is 30.5. The fourth-order valence-corrected chi connectivity index (χ4v) is 9.07. The van der Waals surface area contributed by atoms with Crippen molar-refractivity contribution in [1.29, 1.82) is 0 Å². The lowest BCUT2D eigenvalue weighted by molar-refractivity contribution is -0.163. The van der Waals surface area contributed by atoms with E-state index >= 15 is 0 Å². The molecule has 68 heavy (non-hydrogen) atoms. The summed E-state index contributed by atoms with van der Waals surface area (Å²) >= 11 is 0. The van der Waals surface area contributed by atoms with Gasteiger partial charge in [0.25, 0.3) is 0 Å². The number of carbonyl (C=O) groups is 2. The molecule has 0 aliphatic heterocycles. The van der Waals surface area contributed by atoms with Gasteiger partial charge in [0.15, 0.2) is 6.10 Å². The van der Waals surface area contributed by atoms with Gasteiger partial charge in [0.1, 0.15) is 6.61 Å². The van der Waals surface area contributed by atoms with Crippen molar-refractivity contribution < 1.29 is 23.8 Å². The summed E-state index contributed by atoms with van der Waals surface area (Å²) in [6.45, 7) is 7.84. The van der Waals surface area contributed by atoms with Gasteiger partial charge in [-0.05, 0) is 77.0 Å². The van der Waals surface area contributed by atoms with E-state index in [0.717, 1.165) is 57.8 Å². The summed E-state index contributed by atoms with van der Waals surface area (Å²) in [6, 6.07) is 0. The van der Waals surface area contributed by atoms with Gasteiger partial charge in [-0.15, -0.1) is 0 Å². The Morgan fingerprint density at radius 1 is 0.324 bits per heavy atom. The van der Waals surface area contributed by atoms with Crippen LogP contribution < -0.4 is 0 Å². The molecule has 0 rings (SSSR count). The minimum Gasteiger partial charge on any atom is -0.462 e. The second-order valence-electron chi connectivity index (χ2n) is 20.6. The molecule has 0 saturated carbocycles. The Morgan fingerprint density at radius 3 is 1.01 bits per heavy atom. The summed E-state index contributed by atoms with van der Waals surface area (Å²) in [7, 11) is 0. The van der Waals surface area contributed by atoms with Gasteiger partial charge in [0.05, 0.1) is 6.61 Å². The zero-order valence-electron chi connectivity index (χ0n) is 46.1. The highest BCUT2D eigenvalue weighted by molar-refractivity contribution is 5.70. The molecule has 0 fully saturated rings. The van der Waals surface area contributed by atoms with Gasteiger partial charge in [0, 0.05) is 19.4 Å². The Bertz CT molecular complexity index is 1080. The number of rotatable bonds is 57. The van der Waals surface area contributed by atoms with Crippen molar-refractivity contribution in [1.82, 2.24) is 0 Å². The van der Waals surface area contributed by atoms with E-state index in [-0.39, 0.29) is 25.2 Å². The fourth-order valence-electron chi connectivity index (χ4n) is 9.07. The van der Waals surface area contributed by atoms with Crippen LogP contribution in [-0.2, 0) is 23.8 Å². The molecule has 5 nitrogen and oxygen atoms in total. The van der Waals surface area contributed by atoms with Crippen molar-refractivity contribution in [2.75, 3.05) is 19.8 Å². The van der Waals surface area contributed by atoms with Crippen LogP contribution in [0.3, 0.4) is 0 Å². The minimum absolute atomic E-state index is 0.0841. The molecule has 0 bridgehead atoms. The van der Waals surface area contributed by atoms with Crippen LogP contribution in [0.4, 0.5) is 0 Å². The number of hydrogen-bond donors (Lipinski definition) is 0. The molecule has 5 heteroatoms. The number of hydrogen-bond acceptors (Lipinski definition) is 5. The molecule has 1 atom stereocenters. The van der Waals surface area contributed by atoms with E-state index in [9.17, 15) is 9.59 Å². The van der Waals surface area contributed by atoms with Crippen LogP contribution in [0.1, 0.15) is 329 Å². The molecule has 0 saturated heterocycles. The average molecular weight is 956 g/mol. The maximum atomic E-state index is 12.9. The molecule has 400 valence electrons. The normalized spacial score (nSPS) is 12.3. The monoisotopic (exact) mass is 955 g/mol. The smallest absolute Gasteiger partial charge is 0.306 e. The first kappa shape index (κ1) is 66.1. The fraction of sp³-hybridized carbons (Fsp3) is 0.873. The third-order valence-electron chi connectivity index (χ3n) is 13.6. The highest BCUT2D eigenvalue weighted by Crippen LogP contribution is 2.17. The highest BCUT2D eigenvalue weighted by atomic mass is 16.6. The second-order valence-corrected chi connectivity index (χ2v) is 20.6. The Morgan fingerprint density at radius 2 is 0.618 bits per heavy atom. The third-order valence-corrected chi connectivity index (χ3v) is 13.6. The van der Waals surface area contributed by atoms with Gasteiger partial charge >= 0.3 is 11.9 Å². The lowest BCUT2D eigenvalue weighted by atomic mass is 10.0. The summed E-state index contributed by atoms with van der Waals surface area (Å²) in [5.74, 6) is -0.393. The molecule has 0 aliphatic rings. The number of carbonyl (C=O) groups excluding carboxylic acids is 2. The Hall–Kier alpha value is -1.88. The van der Waals surface area contributed by atoms with E-state index in [0.29, 0.717) is 19.4 Å². The molecule has 0 aliphatic carbocycles. The standard InChI is InChI=1S/C63H118O5/c1-4-7-10-13-16-19-22-25-28-30-32-33-36-38-41-44-47-50-53-56-62(64)67-60-61(68-63(65)57-54-51-48-45-42-39-35-27-24-21-18-15-12-9-6-3)59-66-58-55-52-49-46-43-40-37-34-31-29-26-23-20-17-14-11-8-5-2/h18,21,26-27,29,35,61H,4-17,19-20,22-25,28,30-34,36-60H2,1-3H3/b21-18-,29-26-,35-27-. The summed E-state index contributed by atoms with van der Waals surface area (Å²) in [5, 5.41) is 0. The predicted molar refractivity (Wildman–Crippen MR) is 298 cm³/mol. The molecule has 0 spiro atoms. The quantitative estimate of drug-likeness (QED) is 0.0345. The van der Waals surface area contributed by atoms with Gasteiger partial charge in [-0.25, -0.2) is 0 Å². The largest absolute Gasteiger partial charge is 0.462 e. The van der Waals surface area contributed by atoms with Crippen molar-refractivity contribution in [2.45, 2.75) is 335 Å². The molecule has 0 aromatic heterocycles. The highest BCUT2D eigenvalue weighted by Gasteiger charge is 2.17. The van der Waals surface area contributed by atoms with E-state index in [1.54, 1.807) is 0 Å².